The second-order valence-corrected chi connectivity index (χ2v) is 8.65. The number of anilines is 2. The Morgan fingerprint density at radius 3 is 2.53 bits per heavy atom. The van der Waals surface area contributed by atoms with Crippen LogP contribution >= 0.6 is 0 Å². The third-order valence-electron chi connectivity index (χ3n) is 6.25. The van der Waals surface area contributed by atoms with Crippen molar-refractivity contribution in [2.45, 2.75) is 44.7 Å². The Morgan fingerprint density at radius 2 is 1.88 bits per heavy atom. The maximum Gasteiger partial charge on any atom is 0.416 e. The Morgan fingerprint density at radius 1 is 1.16 bits per heavy atom. The fraction of sp³-hybridized carbons (Fsp3) is 0.435. The van der Waals surface area contributed by atoms with Gasteiger partial charge in [-0.3, -0.25) is 9.48 Å². The molecule has 1 N–H and O–H groups in total. The van der Waals surface area contributed by atoms with E-state index in [9.17, 15) is 18.0 Å². The molecule has 0 atom stereocenters. The fourth-order valence-electron chi connectivity index (χ4n) is 4.47. The van der Waals surface area contributed by atoms with Crippen LogP contribution in [0.15, 0.2) is 24.3 Å². The lowest BCUT2D eigenvalue weighted by Gasteiger charge is -2.23. The van der Waals surface area contributed by atoms with Gasteiger partial charge in [-0.25, -0.2) is 4.98 Å². The number of aromatic nitrogens is 3. The predicted molar refractivity (Wildman–Crippen MR) is 116 cm³/mol. The van der Waals surface area contributed by atoms with E-state index in [1.807, 2.05) is 4.90 Å². The van der Waals surface area contributed by atoms with E-state index in [1.54, 1.807) is 24.7 Å². The molecule has 0 bridgehead atoms. The number of benzene rings is 1. The van der Waals surface area contributed by atoms with Crippen LogP contribution in [0.25, 0.3) is 11.0 Å². The van der Waals surface area contributed by atoms with Gasteiger partial charge in [-0.2, -0.15) is 18.3 Å². The van der Waals surface area contributed by atoms with Gasteiger partial charge in [0.25, 0.3) is 5.91 Å². The zero-order valence-electron chi connectivity index (χ0n) is 18.0. The van der Waals surface area contributed by atoms with Gasteiger partial charge in [0.1, 0.15) is 0 Å². The summed E-state index contributed by atoms with van der Waals surface area (Å²) in [6, 6.07) is 5.33. The van der Waals surface area contributed by atoms with E-state index in [0.717, 1.165) is 56.6 Å². The van der Waals surface area contributed by atoms with E-state index in [4.69, 9.17) is 4.98 Å². The van der Waals surface area contributed by atoms with Crippen molar-refractivity contribution >= 4 is 28.3 Å². The first-order chi connectivity index (χ1) is 15.2. The second-order valence-electron chi connectivity index (χ2n) is 8.65. The van der Waals surface area contributed by atoms with Crippen LogP contribution in [0.3, 0.4) is 0 Å². The number of pyridine rings is 1. The summed E-state index contributed by atoms with van der Waals surface area (Å²) in [6.07, 6.45) is -0.518. The second kappa shape index (κ2) is 7.50. The molecule has 3 aromatic rings. The van der Waals surface area contributed by atoms with Crippen LogP contribution in [-0.4, -0.2) is 33.8 Å². The Balaban J connectivity index is 1.58. The normalized spacial score (nSPS) is 16.7. The molecule has 1 amide bonds. The van der Waals surface area contributed by atoms with Crippen molar-refractivity contribution in [2.75, 3.05) is 23.3 Å². The van der Waals surface area contributed by atoms with Crippen LogP contribution in [-0.2, 0) is 13.2 Å². The summed E-state index contributed by atoms with van der Waals surface area (Å²) in [5.74, 6) is -0.134. The number of hydrogen-bond acceptors (Lipinski definition) is 4. The monoisotopic (exact) mass is 443 g/mol. The minimum Gasteiger partial charge on any atom is -0.370 e. The molecule has 0 spiro atoms. The van der Waals surface area contributed by atoms with E-state index in [0.29, 0.717) is 33.9 Å². The number of carbonyl (C=O) groups excluding carboxylic acids is 1. The molecule has 168 valence electrons. The molecule has 2 aliphatic rings. The highest BCUT2D eigenvalue weighted by Gasteiger charge is 2.33. The van der Waals surface area contributed by atoms with Crippen molar-refractivity contribution in [1.29, 1.82) is 0 Å². The van der Waals surface area contributed by atoms with Gasteiger partial charge in [0.15, 0.2) is 5.65 Å². The van der Waals surface area contributed by atoms with E-state index in [1.165, 1.54) is 6.07 Å². The Labute approximate surface area is 183 Å². The quantitative estimate of drug-likeness (QED) is 0.615. The van der Waals surface area contributed by atoms with Crippen LogP contribution in [0, 0.1) is 6.92 Å². The zero-order chi connectivity index (χ0) is 22.6. The number of fused-ring (bicyclic) bond motifs is 1. The average molecular weight is 443 g/mol. The van der Waals surface area contributed by atoms with Crippen LogP contribution in [0.1, 0.15) is 58.9 Å². The highest BCUT2D eigenvalue weighted by molar-refractivity contribution is 6.13. The number of nitrogens with zero attached hydrogens (tertiary/aromatic N) is 4. The number of nitrogens with one attached hydrogen (secondary N) is 1. The van der Waals surface area contributed by atoms with Crippen molar-refractivity contribution in [3.05, 3.63) is 46.8 Å². The number of alkyl halides is 3. The maximum atomic E-state index is 13.4. The van der Waals surface area contributed by atoms with E-state index >= 15 is 0 Å². The van der Waals surface area contributed by atoms with Crippen molar-refractivity contribution in [3.8, 4) is 0 Å². The van der Waals surface area contributed by atoms with Gasteiger partial charge in [-0.15, -0.1) is 0 Å². The van der Waals surface area contributed by atoms with Crippen LogP contribution in [0.4, 0.5) is 24.5 Å². The summed E-state index contributed by atoms with van der Waals surface area (Å²) in [6.45, 7) is 3.31. The predicted octanol–water partition coefficient (Wildman–Crippen LogP) is 5.03. The minimum atomic E-state index is -4.49. The van der Waals surface area contributed by atoms with Gasteiger partial charge in [0.05, 0.1) is 33.6 Å². The smallest absolute Gasteiger partial charge is 0.370 e. The number of amides is 1. The molecule has 32 heavy (non-hydrogen) atoms. The molecule has 9 heteroatoms. The SMILES string of the molecule is Cc1nn(C)c2nc(C3CC3)cc(C(=O)Nc3cc(C(F)(F)F)ccc3N3CCCC3)c12. The first-order valence-corrected chi connectivity index (χ1v) is 10.8. The third-order valence-corrected chi connectivity index (χ3v) is 6.25. The molecule has 2 aromatic heterocycles. The molecule has 1 saturated carbocycles. The number of carbonyl (C=O) groups is 1. The standard InChI is InChI=1S/C23H24F3N5O/c1-13-20-16(12-17(14-5-6-14)27-21(20)30(2)29-13)22(32)28-18-11-15(23(24,25)26)7-8-19(18)31-9-3-4-10-31/h7-8,11-12,14H,3-6,9-10H2,1-2H3,(H,28,32). The van der Waals surface area contributed by atoms with Gasteiger partial charge in [0.2, 0.25) is 0 Å². The first-order valence-electron chi connectivity index (χ1n) is 10.8. The summed E-state index contributed by atoms with van der Waals surface area (Å²) in [4.78, 5) is 20.2. The molecule has 0 unspecified atom stereocenters. The number of halogens is 3. The summed E-state index contributed by atoms with van der Waals surface area (Å²) in [5.41, 5.74) is 2.49. The van der Waals surface area contributed by atoms with Crippen molar-refractivity contribution < 1.29 is 18.0 Å². The molecule has 1 aliphatic heterocycles. The van der Waals surface area contributed by atoms with Crippen molar-refractivity contribution in [2.24, 2.45) is 7.05 Å². The lowest BCUT2D eigenvalue weighted by Crippen LogP contribution is -2.22. The highest BCUT2D eigenvalue weighted by Crippen LogP contribution is 2.41. The summed E-state index contributed by atoms with van der Waals surface area (Å²) in [5, 5.41) is 7.82. The Bertz CT molecular complexity index is 1210. The average Bonchev–Trinajstić information content (AvgIpc) is 3.37. The molecule has 1 aromatic carbocycles. The summed E-state index contributed by atoms with van der Waals surface area (Å²) < 4.78 is 41.9. The number of rotatable bonds is 4. The minimum absolute atomic E-state index is 0.172. The molecule has 6 nitrogen and oxygen atoms in total. The van der Waals surface area contributed by atoms with Gasteiger partial charge in [0, 0.05) is 31.7 Å². The number of hydrogen-bond donors (Lipinski definition) is 1. The van der Waals surface area contributed by atoms with Gasteiger partial charge in [-0.1, -0.05) is 0 Å². The van der Waals surface area contributed by atoms with Crippen molar-refractivity contribution in [3.63, 3.8) is 0 Å². The first kappa shape index (κ1) is 20.8. The maximum absolute atomic E-state index is 13.4. The molecule has 5 rings (SSSR count). The zero-order valence-corrected chi connectivity index (χ0v) is 18.0. The summed E-state index contributed by atoms with van der Waals surface area (Å²) in [7, 11) is 1.78. The molecule has 0 radical (unpaired) electrons. The third kappa shape index (κ3) is 3.69. The molecular weight excluding hydrogens is 419 g/mol. The van der Waals surface area contributed by atoms with E-state index in [2.05, 4.69) is 10.4 Å². The Hall–Kier alpha value is -3.10. The topological polar surface area (TPSA) is 63.1 Å². The van der Waals surface area contributed by atoms with Crippen LogP contribution < -0.4 is 10.2 Å². The van der Waals surface area contributed by atoms with Crippen LogP contribution in [0.2, 0.25) is 0 Å². The highest BCUT2D eigenvalue weighted by atomic mass is 19.4. The van der Waals surface area contributed by atoms with Gasteiger partial charge >= 0.3 is 6.18 Å². The van der Waals surface area contributed by atoms with E-state index < -0.39 is 17.6 Å². The summed E-state index contributed by atoms with van der Waals surface area (Å²) >= 11 is 0. The van der Waals surface area contributed by atoms with E-state index in [-0.39, 0.29) is 5.69 Å². The fourth-order valence-corrected chi connectivity index (χ4v) is 4.47. The number of aryl methyl sites for hydroxylation is 2. The van der Waals surface area contributed by atoms with Gasteiger partial charge < -0.3 is 10.2 Å². The molecule has 2 fully saturated rings. The van der Waals surface area contributed by atoms with Crippen molar-refractivity contribution in [1.82, 2.24) is 14.8 Å². The van der Waals surface area contributed by atoms with Crippen LogP contribution in [0.5, 0.6) is 0 Å². The molecule has 1 aliphatic carbocycles. The molecular formula is C23H24F3N5O. The molecule has 1 saturated heterocycles. The lowest BCUT2D eigenvalue weighted by atomic mass is 10.1. The Kier molecular flexibility index (Phi) is 4.87. The van der Waals surface area contributed by atoms with Gasteiger partial charge in [-0.05, 0) is 56.9 Å². The lowest BCUT2D eigenvalue weighted by molar-refractivity contribution is -0.137. The molecule has 3 heterocycles. The largest absolute Gasteiger partial charge is 0.416 e.